The fourth-order valence-corrected chi connectivity index (χ4v) is 2.95. The summed E-state index contributed by atoms with van der Waals surface area (Å²) in [5.41, 5.74) is 3.71. The standard InChI is InChI=1S/C19H29N3O/c1-19(2,3)18-17(14-22(4)21-18)13-20-12-16(10-11-23)15-8-6-5-7-9-15/h5-9,14,16,20,23H,10-13H2,1-4H3. The minimum atomic E-state index is 0.0439. The first-order valence-electron chi connectivity index (χ1n) is 8.31. The van der Waals surface area contributed by atoms with Crippen LogP contribution >= 0.6 is 0 Å². The number of aliphatic hydroxyl groups excluding tert-OH is 1. The number of nitrogens with one attached hydrogen (secondary N) is 1. The molecule has 0 spiro atoms. The molecular formula is C19H29N3O. The van der Waals surface area contributed by atoms with Crippen molar-refractivity contribution in [1.82, 2.24) is 15.1 Å². The number of aryl methyl sites for hydroxylation is 1. The monoisotopic (exact) mass is 315 g/mol. The first-order chi connectivity index (χ1) is 10.9. The third-order valence-electron chi connectivity index (χ3n) is 4.07. The van der Waals surface area contributed by atoms with Crippen LogP contribution < -0.4 is 5.32 Å². The number of hydrogen-bond donors (Lipinski definition) is 2. The average molecular weight is 315 g/mol. The van der Waals surface area contributed by atoms with Crippen molar-refractivity contribution >= 4 is 0 Å². The smallest absolute Gasteiger partial charge is 0.0722 e. The van der Waals surface area contributed by atoms with Gasteiger partial charge in [-0.05, 0) is 17.9 Å². The van der Waals surface area contributed by atoms with E-state index in [9.17, 15) is 5.11 Å². The molecule has 4 nitrogen and oxygen atoms in total. The highest BCUT2D eigenvalue weighted by Gasteiger charge is 2.21. The molecule has 0 aliphatic rings. The quantitative estimate of drug-likeness (QED) is 0.826. The average Bonchev–Trinajstić information content (AvgIpc) is 2.88. The van der Waals surface area contributed by atoms with Gasteiger partial charge in [0.1, 0.15) is 0 Å². The van der Waals surface area contributed by atoms with Crippen LogP contribution in [0.25, 0.3) is 0 Å². The summed E-state index contributed by atoms with van der Waals surface area (Å²) in [5, 5.41) is 17.5. The van der Waals surface area contributed by atoms with E-state index in [0.717, 1.165) is 25.2 Å². The van der Waals surface area contributed by atoms with E-state index >= 15 is 0 Å². The van der Waals surface area contributed by atoms with Crippen molar-refractivity contribution in [2.45, 2.75) is 45.1 Å². The molecule has 0 saturated carbocycles. The molecule has 1 atom stereocenters. The Morgan fingerprint density at radius 1 is 1.22 bits per heavy atom. The molecule has 2 N–H and O–H groups in total. The first-order valence-corrected chi connectivity index (χ1v) is 8.31. The third-order valence-corrected chi connectivity index (χ3v) is 4.07. The molecule has 1 heterocycles. The second kappa shape index (κ2) is 7.75. The SMILES string of the molecule is Cn1cc(CNCC(CCO)c2ccccc2)c(C(C)(C)C)n1. The zero-order valence-corrected chi connectivity index (χ0v) is 14.7. The summed E-state index contributed by atoms with van der Waals surface area (Å²) in [6.07, 6.45) is 2.87. The molecule has 0 radical (unpaired) electrons. The number of benzene rings is 1. The zero-order valence-electron chi connectivity index (χ0n) is 14.7. The van der Waals surface area contributed by atoms with E-state index in [1.165, 1.54) is 11.1 Å². The minimum absolute atomic E-state index is 0.0439. The second-order valence-electron chi connectivity index (χ2n) is 7.18. The predicted octanol–water partition coefficient (Wildman–Crippen LogP) is 2.97. The van der Waals surface area contributed by atoms with E-state index in [-0.39, 0.29) is 12.0 Å². The summed E-state index contributed by atoms with van der Waals surface area (Å²) in [6, 6.07) is 10.4. The van der Waals surface area contributed by atoms with Gasteiger partial charge in [-0.2, -0.15) is 5.10 Å². The van der Waals surface area contributed by atoms with Gasteiger partial charge in [0.05, 0.1) is 5.69 Å². The maximum Gasteiger partial charge on any atom is 0.0722 e. The van der Waals surface area contributed by atoms with E-state index < -0.39 is 0 Å². The highest BCUT2D eigenvalue weighted by Crippen LogP contribution is 2.24. The molecule has 0 amide bonds. The summed E-state index contributed by atoms with van der Waals surface area (Å²) in [5.74, 6) is 0.330. The van der Waals surface area contributed by atoms with Crippen LogP contribution in [0.15, 0.2) is 36.5 Å². The fourth-order valence-electron chi connectivity index (χ4n) is 2.95. The van der Waals surface area contributed by atoms with E-state index in [1.807, 2.05) is 17.8 Å². The van der Waals surface area contributed by atoms with Crippen molar-refractivity contribution in [2.24, 2.45) is 7.05 Å². The maximum atomic E-state index is 9.33. The molecule has 2 rings (SSSR count). The normalized spacial score (nSPS) is 13.3. The number of aliphatic hydroxyl groups is 1. The molecule has 1 unspecified atom stereocenters. The Balaban J connectivity index is 2.01. The number of aromatic nitrogens is 2. The molecule has 1 aromatic carbocycles. The highest BCUT2D eigenvalue weighted by molar-refractivity contribution is 5.24. The lowest BCUT2D eigenvalue weighted by Crippen LogP contribution is -2.24. The van der Waals surface area contributed by atoms with E-state index in [2.05, 4.69) is 61.6 Å². The fraction of sp³-hybridized carbons (Fsp3) is 0.526. The van der Waals surface area contributed by atoms with Crippen LogP contribution in [0.2, 0.25) is 0 Å². The summed E-state index contributed by atoms with van der Waals surface area (Å²) in [6.45, 7) is 8.44. The predicted molar refractivity (Wildman–Crippen MR) is 94.5 cm³/mol. The highest BCUT2D eigenvalue weighted by atomic mass is 16.3. The molecule has 0 fully saturated rings. The Bertz CT molecular complexity index is 599. The van der Waals surface area contributed by atoms with Crippen LogP contribution in [0.3, 0.4) is 0 Å². The van der Waals surface area contributed by atoms with Crippen LogP contribution in [0.4, 0.5) is 0 Å². The van der Waals surface area contributed by atoms with Gasteiger partial charge in [0.2, 0.25) is 0 Å². The Kier molecular flexibility index (Phi) is 5.97. The second-order valence-corrected chi connectivity index (χ2v) is 7.18. The van der Waals surface area contributed by atoms with E-state index in [0.29, 0.717) is 5.92 Å². The molecule has 2 aromatic rings. The Hall–Kier alpha value is -1.65. The number of rotatable bonds is 7. The van der Waals surface area contributed by atoms with Gasteiger partial charge in [-0.3, -0.25) is 4.68 Å². The van der Waals surface area contributed by atoms with Crippen LogP contribution in [0.5, 0.6) is 0 Å². The van der Waals surface area contributed by atoms with Crippen molar-refractivity contribution in [3.8, 4) is 0 Å². The molecule has 0 bridgehead atoms. The lowest BCUT2D eigenvalue weighted by atomic mass is 9.89. The molecule has 4 heteroatoms. The summed E-state index contributed by atoms with van der Waals surface area (Å²) in [7, 11) is 1.97. The molecule has 23 heavy (non-hydrogen) atoms. The van der Waals surface area contributed by atoms with Crippen molar-refractivity contribution in [3.05, 3.63) is 53.3 Å². The number of hydrogen-bond acceptors (Lipinski definition) is 3. The van der Waals surface area contributed by atoms with Gasteiger partial charge in [0, 0.05) is 43.9 Å². The topological polar surface area (TPSA) is 50.1 Å². The molecule has 0 aliphatic carbocycles. The van der Waals surface area contributed by atoms with Gasteiger partial charge in [0.25, 0.3) is 0 Å². The van der Waals surface area contributed by atoms with Gasteiger partial charge in [-0.1, -0.05) is 51.1 Å². The molecule has 0 saturated heterocycles. The molecule has 126 valence electrons. The maximum absolute atomic E-state index is 9.33. The van der Waals surface area contributed by atoms with Crippen molar-refractivity contribution in [1.29, 1.82) is 0 Å². The molecular weight excluding hydrogens is 286 g/mol. The van der Waals surface area contributed by atoms with Gasteiger partial charge < -0.3 is 10.4 Å². The largest absolute Gasteiger partial charge is 0.396 e. The Morgan fingerprint density at radius 3 is 2.52 bits per heavy atom. The van der Waals surface area contributed by atoms with Crippen LogP contribution in [0, 0.1) is 0 Å². The van der Waals surface area contributed by atoms with Gasteiger partial charge in [0.15, 0.2) is 0 Å². The third kappa shape index (κ3) is 4.91. The summed E-state index contributed by atoms with van der Waals surface area (Å²) < 4.78 is 1.89. The zero-order chi connectivity index (χ0) is 16.9. The van der Waals surface area contributed by atoms with Crippen LogP contribution in [0.1, 0.15) is 49.9 Å². The lowest BCUT2D eigenvalue weighted by Gasteiger charge is -2.19. The van der Waals surface area contributed by atoms with E-state index in [4.69, 9.17) is 0 Å². The summed E-state index contributed by atoms with van der Waals surface area (Å²) in [4.78, 5) is 0. The summed E-state index contributed by atoms with van der Waals surface area (Å²) >= 11 is 0. The van der Waals surface area contributed by atoms with Crippen LogP contribution in [-0.4, -0.2) is 28.0 Å². The van der Waals surface area contributed by atoms with Crippen molar-refractivity contribution < 1.29 is 5.11 Å². The minimum Gasteiger partial charge on any atom is -0.396 e. The van der Waals surface area contributed by atoms with Crippen molar-refractivity contribution in [3.63, 3.8) is 0 Å². The molecule has 0 aliphatic heterocycles. The van der Waals surface area contributed by atoms with Gasteiger partial charge in [-0.15, -0.1) is 0 Å². The van der Waals surface area contributed by atoms with Gasteiger partial charge >= 0.3 is 0 Å². The lowest BCUT2D eigenvalue weighted by molar-refractivity contribution is 0.273. The van der Waals surface area contributed by atoms with Crippen LogP contribution in [-0.2, 0) is 19.0 Å². The van der Waals surface area contributed by atoms with Gasteiger partial charge in [-0.25, -0.2) is 0 Å². The molecule has 1 aromatic heterocycles. The van der Waals surface area contributed by atoms with Crippen molar-refractivity contribution in [2.75, 3.05) is 13.2 Å². The Morgan fingerprint density at radius 2 is 1.91 bits per heavy atom. The van der Waals surface area contributed by atoms with E-state index in [1.54, 1.807) is 0 Å². The Labute approximate surface area is 139 Å². The number of nitrogens with zero attached hydrogens (tertiary/aromatic N) is 2. The first kappa shape index (κ1) is 17.7.